The number of aromatic carboxylic acids is 1. The van der Waals surface area contributed by atoms with Gasteiger partial charge in [-0.05, 0) is 18.3 Å². The second-order valence-electron chi connectivity index (χ2n) is 4.91. The van der Waals surface area contributed by atoms with Gasteiger partial charge in [0.15, 0.2) is 5.69 Å². The largest absolute Gasteiger partial charge is 0.476 e. The third kappa shape index (κ3) is 3.97. The van der Waals surface area contributed by atoms with E-state index >= 15 is 0 Å². The van der Waals surface area contributed by atoms with Gasteiger partial charge in [-0.15, -0.1) is 0 Å². The third-order valence-electron chi connectivity index (χ3n) is 3.31. The predicted octanol–water partition coefficient (Wildman–Crippen LogP) is 0.536. The zero-order chi connectivity index (χ0) is 13.8. The van der Waals surface area contributed by atoms with Gasteiger partial charge in [0, 0.05) is 25.8 Å². The van der Waals surface area contributed by atoms with Gasteiger partial charge >= 0.3 is 12.0 Å². The molecule has 1 fully saturated rings. The first-order chi connectivity index (χ1) is 9.06. The Morgan fingerprint density at radius 1 is 1.53 bits per heavy atom. The Bertz CT molecular complexity index is 471. The molecule has 0 bridgehead atoms. The third-order valence-corrected chi connectivity index (χ3v) is 3.31. The number of nitrogens with one attached hydrogen (secondary N) is 2. The van der Waals surface area contributed by atoms with Crippen LogP contribution in [0.15, 0.2) is 12.5 Å². The van der Waals surface area contributed by atoms with Crippen LogP contribution in [0.3, 0.4) is 0 Å². The molecule has 0 saturated heterocycles. The van der Waals surface area contributed by atoms with Crippen molar-refractivity contribution in [1.82, 2.24) is 20.2 Å². The zero-order valence-corrected chi connectivity index (χ0v) is 10.8. The van der Waals surface area contributed by atoms with Crippen molar-refractivity contribution in [1.29, 1.82) is 0 Å². The monoisotopic (exact) mass is 266 g/mol. The highest BCUT2D eigenvalue weighted by Gasteiger charge is 2.32. The molecule has 3 N–H and O–H groups in total. The number of aromatic nitrogens is 2. The Hall–Kier alpha value is -2.05. The number of rotatable bonds is 6. The lowest BCUT2D eigenvalue weighted by Gasteiger charge is -2.07. The fourth-order valence-corrected chi connectivity index (χ4v) is 1.86. The molecule has 2 atom stereocenters. The van der Waals surface area contributed by atoms with Crippen molar-refractivity contribution in [2.45, 2.75) is 19.9 Å². The van der Waals surface area contributed by atoms with E-state index in [4.69, 9.17) is 5.11 Å². The maximum atomic E-state index is 11.4. The molecule has 0 aromatic carbocycles. The lowest BCUT2D eigenvalue weighted by Crippen LogP contribution is -2.38. The Labute approximate surface area is 111 Å². The molecule has 2 amide bonds. The number of imidazole rings is 1. The number of carbonyl (C=O) groups excluding carboxylic acids is 1. The van der Waals surface area contributed by atoms with Crippen molar-refractivity contribution in [2.24, 2.45) is 11.8 Å². The summed E-state index contributed by atoms with van der Waals surface area (Å²) < 4.78 is 1.63. The zero-order valence-electron chi connectivity index (χ0n) is 10.8. The van der Waals surface area contributed by atoms with Gasteiger partial charge in [0.1, 0.15) is 0 Å². The summed E-state index contributed by atoms with van der Waals surface area (Å²) in [4.78, 5) is 25.8. The first-order valence-electron chi connectivity index (χ1n) is 6.33. The topological polar surface area (TPSA) is 96.3 Å². The quantitative estimate of drug-likeness (QED) is 0.700. The van der Waals surface area contributed by atoms with Gasteiger partial charge < -0.3 is 20.3 Å². The minimum Gasteiger partial charge on any atom is -0.476 e. The standard InChI is InChI=1S/C12H18N4O3/c1-8-4-9(8)5-14-12(19)13-2-3-16-6-10(11(17)18)15-7-16/h6-9H,2-5H2,1H3,(H,17,18)(H2,13,14,19). The van der Waals surface area contributed by atoms with Gasteiger partial charge in [-0.3, -0.25) is 0 Å². The van der Waals surface area contributed by atoms with Gasteiger partial charge in [-0.2, -0.15) is 0 Å². The van der Waals surface area contributed by atoms with Crippen LogP contribution in [-0.2, 0) is 6.54 Å². The molecule has 2 unspecified atom stereocenters. The molecule has 0 radical (unpaired) electrons. The molecule has 1 saturated carbocycles. The van der Waals surface area contributed by atoms with Crippen LogP contribution in [0.1, 0.15) is 23.8 Å². The summed E-state index contributed by atoms with van der Waals surface area (Å²) in [6.45, 7) is 3.82. The van der Waals surface area contributed by atoms with Crippen LogP contribution in [0.4, 0.5) is 4.79 Å². The normalized spacial score (nSPS) is 20.9. The first kappa shape index (κ1) is 13.4. The highest BCUT2D eigenvalue weighted by Crippen LogP contribution is 2.36. The molecule has 0 spiro atoms. The molecule has 7 nitrogen and oxygen atoms in total. The molecule has 1 heterocycles. The number of nitrogens with zero attached hydrogens (tertiary/aromatic N) is 2. The van der Waals surface area contributed by atoms with Crippen molar-refractivity contribution in [3.63, 3.8) is 0 Å². The lowest BCUT2D eigenvalue weighted by atomic mass is 10.3. The number of urea groups is 1. The second kappa shape index (κ2) is 5.73. The first-order valence-corrected chi connectivity index (χ1v) is 6.33. The van der Waals surface area contributed by atoms with Crippen LogP contribution < -0.4 is 10.6 Å². The van der Waals surface area contributed by atoms with Gasteiger partial charge in [0.25, 0.3) is 0 Å². The van der Waals surface area contributed by atoms with E-state index in [2.05, 4.69) is 22.5 Å². The Balaban J connectivity index is 1.62. The Morgan fingerprint density at radius 2 is 2.26 bits per heavy atom. The molecular formula is C12H18N4O3. The van der Waals surface area contributed by atoms with Crippen LogP contribution in [-0.4, -0.2) is 39.7 Å². The van der Waals surface area contributed by atoms with E-state index in [1.807, 2.05) is 0 Å². The van der Waals surface area contributed by atoms with Gasteiger partial charge in [0.05, 0.1) is 6.33 Å². The van der Waals surface area contributed by atoms with Crippen LogP contribution in [0.5, 0.6) is 0 Å². The number of carboxylic acid groups (broad SMARTS) is 1. The Morgan fingerprint density at radius 3 is 2.84 bits per heavy atom. The molecule has 2 rings (SSSR count). The number of amides is 2. The van der Waals surface area contributed by atoms with E-state index in [9.17, 15) is 9.59 Å². The summed E-state index contributed by atoms with van der Waals surface area (Å²) >= 11 is 0. The molecule has 1 aliphatic carbocycles. The summed E-state index contributed by atoms with van der Waals surface area (Å²) in [5, 5.41) is 14.2. The van der Waals surface area contributed by atoms with E-state index in [-0.39, 0.29) is 11.7 Å². The lowest BCUT2D eigenvalue weighted by molar-refractivity contribution is 0.0691. The number of carbonyl (C=O) groups is 2. The summed E-state index contributed by atoms with van der Waals surface area (Å²) in [6, 6.07) is -0.183. The van der Waals surface area contributed by atoms with Crippen molar-refractivity contribution in [2.75, 3.05) is 13.1 Å². The summed E-state index contributed by atoms with van der Waals surface area (Å²) in [5.41, 5.74) is 0.00664. The van der Waals surface area contributed by atoms with Crippen LogP contribution in [0.25, 0.3) is 0 Å². The van der Waals surface area contributed by atoms with Gasteiger partial charge in [-0.25, -0.2) is 14.6 Å². The van der Waals surface area contributed by atoms with Crippen LogP contribution in [0, 0.1) is 11.8 Å². The summed E-state index contributed by atoms with van der Waals surface area (Å²) in [7, 11) is 0. The summed E-state index contributed by atoms with van der Waals surface area (Å²) in [5.74, 6) is 0.293. The maximum absolute atomic E-state index is 11.4. The Kier molecular flexibility index (Phi) is 4.03. The molecule has 1 aromatic heterocycles. The molecular weight excluding hydrogens is 248 g/mol. The number of hydrogen-bond donors (Lipinski definition) is 3. The molecule has 0 aliphatic heterocycles. The molecule has 1 aromatic rings. The fraction of sp³-hybridized carbons (Fsp3) is 0.583. The molecule has 104 valence electrons. The molecule has 19 heavy (non-hydrogen) atoms. The fourth-order valence-electron chi connectivity index (χ4n) is 1.86. The average Bonchev–Trinajstić information content (AvgIpc) is 2.88. The van der Waals surface area contributed by atoms with Crippen molar-refractivity contribution in [3.8, 4) is 0 Å². The van der Waals surface area contributed by atoms with Gasteiger partial charge in [-0.1, -0.05) is 6.92 Å². The van der Waals surface area contributed by atoms with Gasteiger partial charge in [0.2, 0.25) is 0 Å². The SMILES string of the molecule is CC1CC1CNC(=O)NCCn1cnc(C(=O)O)c1. The van der Waals surface area contributed by atoms with E-state index < -0.39 is 5.97 Å². The molecule has 1 aliphatic rings. The average molecular weight is 266 g/mol. The summed E-state index contributed by atoms with van der Waals surface area (Å²) in [6.07, 6.45) is 4.07. The van der Waals surface area contributed by atoms with Crippen molar-refractivity contribution < 1.29 is 14.7 Å². The van der Waals surface area contributed by atoms with E-state index in [0.29, 0.717) is 19.0 Å². The second-order valence-corrected chi connectivity index (χ2v) is 4.91. The van der Waals surface area contributed by atoms with E-state index in [0.717, 1.165) is 12.5 Å². The minimum atomic E-state index is -1.05. The predicted molar refractivity (Wildman–Crippen MR) is 67.9 cm³/mol. The van der Waals surface area contributed by atoms with Crippen molar-refractivity contribution in [3.05, 3.63) is 18.2 Å². The minimum absolute atomic E-state index is 0.00664. The maximum Gasteiger partial charge on any atom is 0.356 e. The van der Waals surface area contributed by atoms with E-state index in [1.54, 1.807) is 4.57 Å². The smallest absolute Gasteiger partial charge is 0.356 e. The highest BCUT2D eigenvalue weighted by atomic mass is 16.4. The highest BCUT2D eigenvalue weighted by molar-refractivity contribution is 5.84. The number of carboxylic acids is 1. The van der Waals surface area contributed by atoms with E-state index in [1.165, 1.54) is 18.9 Å². The molecule has 7 heteroatoms. The van der Waals surface area contributed by atoms with Crippen LogP contribution >= 0.6 is 0 Å². The number of hydrogen-bond acceptors (Lipinski definition) is 3. The van der Waals surface area contributed by atoms with Crippen molar-refractivity contribution >= 4 is 12.0 Å². The van der Waals surface area contributed by atoms with Crippen LogP contribution in [0.2, 0.25) is 0 Å².